The van der Waals surface area contributed by atoms with Crippen LogP contribution in [0.2, 0.25) is 0 Å². The zero-order valence-corrected chi connectivity index (χ0v) is 19.8. The summed E-state index contributed by atoms with van der Waals surface area (Å²) in [5.41, 5.74) is 1.22. The van der Waals surface area contributed by atoms with Crippen LogP contribution in [0.5, 0.6) is 5.75 Å². The van der Waals surface area contributed by atoms with Crippen molar-refractivity contribution in [2.75, 3.05) is 13.7 Å². The number of nitrogens with one attached hydrogen (secondary N) is 1. The SMILES string of the molecule is COc1ccc(C(=O)N[C@@H](C)c2ccccc2Br)cc1S(=O)(=O)N1CCCC[C@@H]1C. The highest BCUT2D eigenvalue weighted by Crippen LogP contribution is 2.32. The molecule has 0 bridgehead atoms. The molecule has 0 radical (unpaired) electrons. The van der Waals surface area contributed by atoms with Gasteiger partial charge in [-0.15, -0.1) is 0 Å². The van der Waals surface area contributed by atoms with Crippen molar-refractivity contribution in [1.82, 2.24) is 9.62 Å². The highest BCUT2D eigenvalue weighted by atomic mass is 79.9. The van der Waals surface area contributed by atoms with Gasteiger partial charge in [0.2, 0.25) is 10.0 Å². The molecule has 1 heterocycles. The highest BCUT2D eigenvalue weighted by Gasteiger charge is 2.33. The number of carbonyl (C=O) groups excluding carboxylic acids is 1. The lowest BCUT2D eigenvalue weighted by molar-refractivity contribution is 0.0939. The first-order valence-electron chi connectivity index (χ1n) is 10.0. The van der Waals surface area contributed by atoms with Crippen molar-refractivity contribution < 1.29 is 17.9 Å². The molecular formula is C22H27BrN2O4S. The number of halogens is 1. The molecule has 0 aromatic heterocycles. The van der Waals surface area contributed by atoms with E-state index < -0.39 is 10.0 Å². The molecule has 2 aromatic rings. The Labute approximate surface area is 186 Å². The van der Waals surface area contributed by atoms with Gasteiger partial charge in [-0.1, -0.05) is 40.5 Å². The maximum atomic E-state index is 13.3. The number of methoxy groups -OCH3 is 1. The molecule has 0 saturated carbocycles. The Morgan fingerprint density at radius 3 is 2.63 bits per heavy atom. The fourth-order valence-corrected chi connectivity index (χ4v) is 6.27. The molecule has 6 nitrogen and oxygen atoms in total. The van der Waals surface area contributed by atoms with E-state index in [-0.39, 0.29) is 34.2 Å². The minimum absolute atomic E-state index is 0.0277. The molecule has 2 aromatic carbocycles. The monoisotopic (exact) mass is 494 g/mol. The molecule has 1 N–H and O–H groups in total. The molecular weight excluding hydrogens is 468 g/mol. The second kappa shape index (κ2) is 9.49. The van der Waals surface area contributed by atoms with Crippen molar-refractivity contribution in [3.63, 3.8) is 0 Å². The van der Waals surface area contributed by atoms with Crippen LogP contribution in [0.15, 0.2) is 51.8 Å². The number of benzene rings is 2. The summed E-state index contributed by atoms with van der Waals surface area (Å²) in [6.07, 6.45) is 2.67. The zero-order valence-electron chi connectivity index (χ0n) is 17.4. The molecule has 8 heteroatoms. The number of amides is 1. The summed E-state index contributed by atoms with van der Waals surface area (Å²) in [7, 11) is -2.34. The lowest BCUT2D eigenvalue weighted by Gasteiger charge is -2.32. The summed E-state index contributed by atoms with van der Waals surface area (Å²) in [4.78, 5) is 12.9. The van der Waals surface area contributed by atoms with Crippen LogP contribution in [0.25, 0.3) is 0 Å². The van der Waals surface area contributed by atoms with Crippen LogP contribution in [0.3, 0.4) is 0 Å². The standard InChI is InChI=1S/C22H27BrN2O4S/c1-15-8-6-7-13-25(15)30(27,28)21-14-17(11-12-20(21)29-3)22(26)24-16(2)18-9-4-5-10-19(18)23/h4-5,9-12,14-16H,6-8,13H2,1-3H3,(H,24,26)/t15-,16-/m0/s1. The van der Waals surface area contributed by atoms with Crippen molar-refractivity contribution in [2.24, 2.45) is 0 Å². The summed E-state index contributed by atoms with van der Waals surface area (Å²) < 4.78 is 34.4. The Morgan fingerprint density at radius 2 is 1.97 bits per heavy atom. The summed E-state index contributed by atoms with van der Waals surface area (Å²) in [5.74, 6) is -0.104. The van der Waals surface area contributed by atoms with E-state index in [9.17, 15) is 13.2 Å². The Hall–Kier alpha value is -1.90. The van der Waals surface area contributed by atoms with Crippen LogP contribution in [-0.2, 0) is 10.0 Å². The van der Waals surface area contributed by atoms with Gasteiger partial charge in [0.25, 0.3) is 5.91 Å². The third-order valence-corrected chi connectivity index (χ3v) is 8.23. The summed E-state index contributed by atoms with van der Waals surface area (Å²) in [6.45, 7) is 4.27. The normalized spacial score (nSPS) is 18.6. The average molecular weight is 495 g/mol. The molecule has 2 atom stereocenters. The maximum Gasteiger partial charge on any atom is 0.251 e. The first-order chi connectivity index (χ1) is 14.3. The molecule has 3 rings (SSSR count). The third-order valence-electron chi connectivity index (χ3n) is 5.47. The highest BCUT2D eigenvalue weighted by molar-refractivity contribution is 9.10. The van der Waals surface area contributed by atoms with E-state index >= 15 is 0 Å². The quantitative estimate of drug-likeness (QED) is 0.640. The molecule has 0 spiro atoms. The second-order valence-electron chi connectivity index (χ2n) is 7.54. The largest absolute Gasteiger partial charge is 0.495 e. The molecule has 1 amide bonds. The molecule has 1 aliphatic heterocycles. The first-order valence-corrected chi connectivity index (χ1v) is 12.2. The number of hydrogen-bond acceptors (Lipinski definition) is 4. The van der Waals surface area contributed by atoms with E-state index in [1.165, 1.54) is 17.5 Å². The van der Waals surface area contributed by atoms with Crippen LogP contribution in [0.1, 0.15) is 55.1 Å². The number of hydrogen-bond donors (Lipinski definition) is 1. The molecule has 0 unspecified atom stereocenters. The number of piperidine rings is 1. The van der Waals surface area contributed by atoms with Crippen LogP contribution in [-0.4, -0.2) is 38.3 Å². The van der Waals surface area contributed by atoms with Crippen molar-refractivity contribution >= 4 is 31.9 Å². The number of nitrogens with zero attached hydrogens (tertiary/aromatic N) is 1. The number of ether oxygens (including phenoxy) is 1. The minimum atomic E-state index is -3.78. The van der Waals surface area contributed by atoms with Gasteiger partial charge in [0.05, 0.1) is 13.2 Å². The molecule has 30 heavy (non-hydrogen) atoms. The van der Waals surface area contributed by atoms with Gasteiger partial charge in [-0.25, -0.2) is 8.42 Å². The van der Waals surface area contributed by atoms with E-state index in [4.69, 9.17) is 4.74 Å². The molecule has 0 aliphatic carbocycles. The van der Waals surface area contributed by atoms with E-state index in [0.29, 0.717) is 6.54 Å². The lowest BCUT2D eigenvalue weighted by atomic mass is 10.1. The van der Waals surface area contributed by atoms with Gasteiger partial charge < -0.3 is 10.1 Å². The van der Waals surface area contributed by atoms with Crippen LogP contribution in [0, 0.1) is 0 Å². The number of carbonyl (C=O) groups is 1. The van der Waals surface area contributed by atoms with E-state index in [2.05, 4.69) is 21.2 Å². The van der Waals surface area contributed by atoms with Gasteiger partial charge in [-0.3, -0.25) is 4.79 Å². The van der Waals surface area contributed by atoms with Crippen molar-refractivity contribution in [3.05, 3.63) is 58.1 Å². The number of rotatable bonds is 6. The molecule has 1 saturated heterocycles. The van der Waals surface area contributed by atoms with Crippen molar-refractivity contribution in [1.29, 1.82) is 0 Å². The zero-order chi connectivity index (χ0) is 21.9. The van der Waals surface area contributed by atoms with Crippen molar-refractivity contribution in [2.45, 2.75) is 50.1 Å². The fraction of sp³-hybridized carbons (Fsp3) is 0.409. The Bertz CT molecular complexity index is 1030. The number of sulfonamides is 1. The summed E-state index contributed by atoms with van der Waals surface area (Å²) >= 11 is 3.50. The van der Waals surface area contributed by atoms with Gasteiger partial charge in [-0.05, 0) is 56.5 Å². The molecule has 1 aliphatic rings. The topological polar surface area (TPSA) is 75.7 Å². The van der Waals surface area contributed by atoms with E-state index in [1.54, 1.807) is 12.1 Å². The van der Waals surface area contributed by atoms with E-state index in [0.717, 1.165) is 29.3 Å². The second-order valence-corrected chi connectivity index (χ2v) is 10.3. The maximum absolute atomic E-state index is 13.3. The Balaban J connectivity index is 1.90. The predicted molar refractivity (Wildman–Crippen MR) is 120 cm³/mol. The average Bonchev–Trinajstić information content (AvgIpc) is 2.73. The Kier molecular flexibility index (Phi) is 7.21. The smallest absolute Gasteiger partial charge is 0.251 e. The van der Waals surface area contributed by atoms with Gasteiger partial charge >= 0.3 is 0 Å². The van der Waals surface area contributed by atoms with Crippen LogP contribution >= 0.6 is 15.9 Å². The fourth-order valence-electron chi connectivity index (χ4n) is 3.76. The third kappa shape index (κ3) is 4.71. The van der Waals surface area contributed by atoms with Crippen LogP contribution < -0.4 is 10.1 Å². The van der Waals surface area contributed by atoms with Gasteiger partial charge in [-0.2, -0.15) is 4.31 Å². The lowest BCUT2D eigenvalue weighted by Crippen LogP contribution is -2.42. The first kappa shape index (κ1) is 22.8. The minimum Gasteiger partial charge on any atom is -0.495 e. The van der Waals surface area contributed by atoms with Gasteiger partial charge in [0, 0.05) is 22.6 Å². The molecule has 1 fully saturated rings. The predicted octanol–water partition coefficient (Wildman–Crippen LogP) is 4.51. The van der Waals surface area contributed by atoms with Crippen LogP contribution in [0.4, 0.5) is 0 Å². The Morgan fingerprint density at radius 1 is 1.23 bits per heavy atom. The van der Waals surface area contributed by atoms with E-state index in [1.807, 2.05) is 38.1 Å². The summed E-state index contributed by atoms with van der Waals surface area (Å²) in [5, 5.41) is 2.94. The van der Waals surface area contributed by atoms with Gasteiger partial charge in [0.1, 0.15) is 10.6 Å². The van der Waals surface area contributed by atoms with Gasteiger partial charge in [0.15, 0.2) is 0 Å². The molecule has 162 valence electrons. The van der Waals surface area contributed by atoms with Crippen molar-refractivity contribution in [3.8, 4) is 5.75 Å². The summed E-state index contributed by atoms with van der Waals surface area (Å²) in [6, 6.07) is 11.9.